The first-order valence-electron chi connectivity index (χ1n) is 9.79. The van der Waals surface area contributed by atoms with Crippen molar-refractivity contribution in [2.45, 2.75) is 30.5 Å². The number of pyridine rings is 3. The van der Waals surface area contributed by atoms with Crippen LogP contribution in [-0.4, -0.2) is 37.4 Å². The molecule has 0 atom stereocenters. The Morgan fingerprint density at radius 2 is 1.82 bits per heavy atom. The van der Waals surface area contributed by atoms with Crippen molar-refractivity contribution in [3.63, 3.8) is 0 Å². The van der Waals surface area contributed by atoms with Gasteiger partial charge in [-0.2, -0.15) is 22.0 Å². The topological polar surface area (TPSA) is 52.8 Å². The molecule has 0 spiro atoms. The third kappa shape index (κ3) is 4.92. The number of thioether (sulfide) groups is 1. The highest BCUT2D eigenvalue weighted by molar-refractivity contribution is 7.99. The highest BCUT2D eigenvalue weighted by Crippen LogP contribution is 2.38. The SMILES string of the molecule is CCSc1cc(Oc2ccccn2)cnc1-c1cc2ccn(CC(F)(F)C(F)(F)F)c2cn1. The molecule has 4 aromatic rings. The zero-order chi connectivity index (χ0) is 23.6. The van der Waals surface area contributed by atoms with Gasteiger partial charge in [0, 0.05) is 28.7 Å². The summed E-state index contributed by atoms with van der Waals surface area (Å²) in [7, 11) is 0. The predicted octanol–water partition coefficient (Wildman–Crippen LogP) is 6.60. The quantitative estimate of drug-likeness (QED) is 0.221. The van der Waals surface area contributed by atoms with Gasteiger partial charge in [0.15, 0.2) is 0 Å². The van der Waals surface area contributed by atoms with Crippen molar-refractivity contribution >= 4 is 22.7 Å². The first kappa shape index (κ1) is 23.0. The van der Waals surface area contributed by atoms with E-state index >= 15 is 0 Å². The van der Waals surface area contributed by atoms with Gasteiger partial charge in [0.1, 0.15) is 11.4 Å². The van der Waals surface area contributed by atoms with Crippen LogP contribution in [0, 0.1) is 0 Å². The van der Waals surface area contributed by atoms with Crippen LogP contribution in [0.15, 0.2) is 66.1 Å². The maximum Gasteiger partial charge on any atom is 0.455 e. The molecular weight excluding hydrogens is 463 g/mol. The van der Waals surface area contributed by atoms with E-state index in [4.69, 9.17) is 4.74 Å². The lowest BCUT2D eigenvalue weighted by molar-refractivity contribution is -0.286. The van der Waals surface area contributed by atoms with Crippen molar-refractivity contribution in [1.29, 1.82) is 0 Å². The van der Waals surface area contributed by atoms with Crippen LogP contribution in [0.3, 0.4) is 0 Å². The Hall–Kier alpha value is -3.21. The summed E-state index contributed by atoms with van der Waals surface area (Å²) in [5.74, 6) is -3.22. The summed E-state index contributed by atoms with van der Waals surface area (Å²) in [4.78, 5) is 13.6. The summed E-state index contributed by atoms with van der Waals surface area (Å²) in [6.45, 7) is 0.452. The summed E-state index contributed by atoms with van der Waals surface area (Å²) in [6, 6.07) is 10.2. The van der Waals surface area contributed by atoms with Crippen LogP contribution in [0.2, 0.25) is 0 Å². The van der Waals surface area contributed by atoms with E-state index in [1.165, 1.54) is 36.4 Å². The lowest BCUT2D eigenvalue weighted by atomic mass is 10.2. The number of alkyl halides is 5. The van der Waals surface area contributed by atoms with Gasteiger partial charge in [-0.1, -0.05) is 13.0 Å². The monoisotopic (exact) mass is 480 g/mol. The summed E-state index contributed by atoms with van der Waals surface area (Å²) in [5, 5.41) is 0.473. The highest BCUT2D eigenvalue weighted by atomic mass is 32.2. The summed E-state index contributed by atoms with van der Waals surface area (Å²) < 4.78 is 71.4. The first-order valence-corrected chi connectivity index (χ1v) is 10.8. The van der Waals surface area contributed by atoms with Gasteiger partial charge in [0.25, 0.3) is 0 Å². The molecule has 0 aliphatic carbocycles. The molecule has 0 aliphatic heterocycles. The largest absolute Gasteiger partial charge is 0.455 e. The molecule has 4 heterocycles. The Morgan fingerprint density at radius 3 is 2.52 bits per heavy atom. The van der Waals surface area contributed by atoms with Gasteiger partial charge in [-0.25, -0.2) is 9.97 Å². The van der Waals surface area contributed by atoms with Crippen molar-refractivity contribution in [3.8, 4) is 23.0 Å². The highest BCUT2D eigenvalue weighted by Gasteiger charge is 2.57. The molecule has 4 rings (SSSR count). The minimum Gasteiger partial charge on any atom is -0.437 e. The maximum atomic E-state index is 13.5. The van der Waals surface area contributed by atoms with E-state index in [9.17, 15) is 22.0 Å². The van der Waals surface area contributed by atoms with Crippen LogP contribution in [-0.2, 0) is 6.54 Å². The second kappa shape index (κ2) is 8.97. The lowest BCUT2D eigenvalue weighted by Gasteiger charge is -2.20. The predicted molar refractivity (Wildman–Crippen MR) is 115 cm³/mol. The van der Waals surface area contributed by atoms with E-state index in [0.29, 0.717) is 28.4 Å². The van der Waals surface area contributed by atoms with Crippen LogP contribution < -0.4 is 4.74 Å². The number of aromatic nitrogens is 4. The number of nitrogens with zero attached hydrogens (tertiary/aromatic N) is 4. The Kier molecular flexibility index (Phi) is 6.24. The summed E-state index contributed by atoms with van der Waals surface area (Å²) in [5.41, 5.74) is 1.18. The molecule has 4 aromatic heterocycles. The van der Waals surface area contributed by atoms with E-state index in [1.54, 1.807) is 36.5 Å². The van der Waals surface area contributed by atoms with Crippen LogP contribution in [0.5, 0.6) is 11.6 Å². The fourth-order valence-corrected chi connectivity index (χ4v) is 3.93. The second-order valence-electron chi connectivity index (χ2n) is 7.00. The molecule has 0 radical (unpaired) electrons. The number of hydrogen-bond acceptors (Lipinski definition) is 5. The normalized spacial score (nSPS) is 12.3. The third-order valence-electron chi connectivity index (χ3n) is 4.67. The van der Waals surface area contributed by atoms with Crippen LogP contribution >= 0.6 is 11.8 Å². The van der Waals surface area contributed by atoms with E-state index in [2.05, 4.69) is 15.0 Å². The van der Waals surface area contributed by atoms with Gasteiger partial charge in [-0.15, -0.1) is 11.8 Å². The summed E-state index contributed by atoms with van der Waals surface area (Å²) in [6.07, 6.45) is -0.0438. The minimum atomic E-state index is -5.63. The third-order valence-corrected chi connectivity index (χ3v) is 5.58. The first-order chi connectivity index (χ1) is 15.7. The molecule has 0 saturated carbocycles. The lowest BCUT2D eigenvalue weighted by Crippen LogP contribution is -2.40. The smallest absolute Gasteiger partial charge is 0.437 e. The van der Waals surface area contributed by atoms with E-state index < -0.39 is 18.6 Å². The molecule has 0 N–H and O–H groups in total. The van der Waals surface area contributed by atoms with Gasteiger partial charge in [0.2, 0.25) is 5.88 Å². The van der Waals surface area contributed by atoms with E-state index in [0.717, 1.165) is 15.2 Å². The number of ether oxygens (including phenoxy) is 1. The molecule has 0 aromatic carbocycles. The number of halogens is 5. The number of rotatable bonds is 7. The van der Waals surface area contributed by atoms with Gasteiger partial charge in [-0.3, -0.25) is 4.98 Å². The minimum absolute atomic E-state index is 0.169. The molecule has 0 fully saturated rings. The van der Waals surface area contributed by atoms with Gasteiger partial charge < -0.3 is 9.30 Å². The Bertz CT molecular complexity index is 1260. The van der Waals surface area contributed by atoms with Crippen molar-refractivity contribution in [2.75, 3.05) is 5.75 Å². The molecular formula is C22H17F5N4OS. The average molecular weight is 480 g/mol. The van der Waals surface area contributed by atoms with Crippen molar-refractivity contribution in [3.05, 3.63) is 61.2 Å². The van der Waals surface area contributed by atoms with E-state index in [1.807, 2.05) is 6.92 Å². The zero-order valence-corrected chi connectivity index (χ0v) is 18.0. The van der Waals surface area contributed by atoms with Crippen LogP contribution in [0.4, 0.5) is 22.0 Å². The van der Waals surface area contributed by atoms with Crippen molar-refractivity contribution < 1.29 is 26.7 Å². The Morgan fingerprint density at radius 1 is 1.00 bits per heavy atom. The van der Waals surface area contributed by atoms with Gasteiger partial charge in [0.05, 0.1) is 30.1 Å². The molecule has 0 unspecified atom stereocenters. The maximum absolute atomic E-state index is 13.5. The fourth-order valence-electron chi connectivity index (χ4n) is 3.13. The molecule has 172 valence electrons. The zero-order valence-electron chi connectivity index (χ0n) is 17.2. The van der Waals surface area contributed by atoms with Gasteiger partial charge >= 0.3 is 12.1 Å². The Balaban J connectivity index is 1.65. The molecule has 5 nitrogen and oxygen atoms in total. The van der Waals surface area contributed by atoms with Crippen molar-refractivity contribution in [1.82, 2.24) is 19.5 Å². The second-order valence-corrected chi connectivity index (χ2v) is 8.30. The number of fused-ring (bicyclic) bond motifs is 1. The molecule has 0 saturated heterocycles. The summed E-state index contributed by atoms with van der Waals surface area (Å²) >= 11 is 1.51. The fraction of sp³-hybridized carbons (Fsp3) is 0.227. The van der Waals surface area contributed by atoms with Crippen LogP contribution in [0.1, 0.15) is 6.92 Å². The molecule has 11 heteroatoms. The average Bonchev–Trinajstić information content (AvgIpc) is 3.15. The van der Waals surface area contributed by atoms with E-state index in [-0.39, 0.29) is 5.52 Å². The van der Waals surface area contributed by atoms with Crippen molar-refractivity contribution in [2.24, 2.45) is 0 Å². The van der Waals surface area contributed by atoms with Gasteiger partial charge in [-0.05, 0) is 30.0 Å². The molecule has 0 amide bonds. The standard InChI is InChI=1S/C22H17F5N4OS/c1-2-33-18-10-15(32-19-5-3-4-7-28-19)11-30-20(18)16-9-14-6-8-31(17(14)12-29-16)13-21(23,24)22(25,26)27/h3-12H,2,13H2,1H3. The van der Waals surface area contributed by atoms with Crippen LogP contribution in [0.25, 0.3) is 22.3 Å². The Labute approximate surface area is 189 Å². The molecule has 0 aliphatic rings. The molecule has 33 heavy (non-hydrogen) atoms. The number of hydrogen-bond donors (Lipinski definition) is 0. The molecule has 0 bridgehead atoms.